The minimum atomic E-state index is -1.08. The second-order valence-electron chi connectivity index (χ2n) is 7.51. The van der Waals surface area contributed by atoms with E-state index in [2.05, 4.69) is 33.8 Å². The van der Waals surface area contributed by atoms with E-state index >= 15 is 0 Å². The molecule has 0 spiro atoms. The third-order valence-electron chi connectivity index (χ3n) is 4.97. The van der Waals surface area contributed by atoms with Gasteiger partial charge in [-0.15, -0.1) is 0 Å². The van der Waals surface area contributed by atoms with Crippen molar-refractivity contribution in [3.05, 3.63) is 52.5 Å². The highest BCUT2D eigenvalue weighted by molar-refractivity contribution is 5.79. The molecule has 1 atom stereocenters. The molecule has 6 nitrogen and oxygen atoms in total. The second-order valence-corrected chi connectivity index (χ2v) is 7.51. The minimum absolute atomic E-state index is 0.248. The molecule has 152 valence electrons. The molecule has 1 aliphatic heterocycles. The molecule has 0 fully saturated rings. The van der Waals surface area contributed by atoms with Gasteiger partial charge in [0.2, 0.25) is 0 Å². The normalized spacial score (nSPS) is 15.7. The first kappa shape index (κ1) is 20.3. The van der Waals surface area contributed by atoms with Crippen LogP contribution >= 0.6 is 0 Å². The molecule has 0 amide bonds. The van der Waals surface area contributed by atoms with E-state index in [9.17, 15) is 5.11 Å². The monoisotopic (exact) mass is 385 g/mol. The van der Waals surface area contributed by atoms with E-state index in [1.165, 1.54) is 11.1 Å². The summed E-state index contributed by atoms with van der Waals surface area (Å²) in [5.74, 6) is 3.24. The first-order valence-corrected chi connectivity index (χ1v) is 9.95. The van der Waals surface area contributed by atoms with Gasteiger partial charge in [-0.3, -0.25) is 0 Å². The van der Waals surface area contributed by atoms with Gasteiger partial charge in [0.1, 0.15) is 22.9 Å². The number of hydrogen-bond acceptors (Lipinski definition) is 4. The summed E-state index contributed by atoms with van der Waals surface area (Å²) >= 11 is 0. The summed E-state index contributed by atoms with van der Waals surface area (Å²) < 4.78 is 11.1. The van der Waals surface area contributed by atoms with E-state index in [1.54, 1.807) is 6.92 Å². The van der Waals surface area contributed by atoms with Crippen LogP contribution in [-0.2, 0) is 18.4 Å². The molecule has 6 heteroatoms. The summed E-state index contributed by atoms with van der Waals surface area (Å²) in [6.07, 6.45) is 1.89. The number of aliphatic imine (C=N–C) groups is 1. The lowest BCUT2D eigenvalue weighted by Crippen LogP contribution is -2.39. The Hall–Kier alpha value is -2.47. The SMILES string of the molecule is CCNC(=NCC(C)(O)c1cc(C)oc1C)NCCc1ccc2c(c1)CCO2. The highest BCUT2D eigenvalue weighted by atomic mass is 16.5. The van der Waals surface area contributed by atoms with Crippen molar-refractivity contribution in [2.75, 3.05) is 26.2 Å². The van der Waals surface area contributed by atoms with E-state index in [4.69, 9.17) is 9.15 Å². The van der Waals surface area contributed by atoms with Gasteiger partial charge in [-0.2, -0.15) is 0 Å². The van der Waals surface area contributed by atoms with Crippen molar-refractivity contribution in [2.45, 2.75) is 46.1 Å². The maximum Gasteiger partial charge on any atom is 0.191 e. The summed E-state index contributed by atoms with van der Waals surface area (Å²) in [6.45, 7) is 10.1. The van der Waals surface area contributed by atoms with E-state index in [0.717, 1.165) is 55.4 Å². The molecule has 1 aliphatic rings. The molecule has 1 unspecified atom stereocenters. The highest BCUT2D eigenvalue weighted by Crippen LogP contribution is 2.27. The summed E-state index contributed by atoms with van der Waals surface area (Å²) in [6, 6.07) is 8.28. The quantitative estimate of drug-likeness (QED) is 0.505. The zero-order chi connectivity index (χ0) is 20.1. The molecule has 0 aliphatic carbocycles. The van der Waals surface area contributed by atoms with Crippen molar-refractivity contribution in [3.63, 3.8) is 0 Å². The van der Waals surface area contributed by atoms with Gasteiger partial charge in [0, 0.05) is 25.1 Å². The molecule has 1 aromatic heterocycles. The summed E-state index contributed by atoms with van der Waals surface area (Å²) in [5, 5.41) is 17.4. The van der Waals surface area contributed by atoms with Gasteiger partial charge in [-0.25, -0.2) is 4.99 Å². The zero-order valence-corrected chi connectivity index (χ0v) is 17.3. The highest BCUT2D eigenvalue weighted by Gasteiger charge is 2.27. The fourth-order valence-corrected chi connectivity index (χ4v) is 3.55. The van der Waals surface area contributed by atoms with Crippen molar-refractivity contribution in [1.82, 2.24) is 10.6 Å². The fourth-order valence-electron chi connectivity index (χ4n) is 3.55. The first-order valence-electron chi connectivity index (χ1n) is 9.95. The molecule has 0 bridgehead atoms. The van der Waals surface area contributed by atoms with Gasteiger partial charge >= 0.3 is 0 Å². The smallest absolute Gasteiger partial charge is 0.191 e. The number of ether oxygens (including phenoxy) is 1. The summed E-state index contributed by atoms with van der Waals surface area (Å²) in [7, 11) is 0. The van der Waals surface area contributed by atoms with Crippen LogP contribution in [0.1, 0.15) is 42.1 Å². The molecule has 2 aromatic rings. The van der Waals surface area contributed by atoms with Gasteiger partial charge in [-0.05, 0) is 57.4 Å². The van der Waals surface area contributed by atoms with Crippen LogP contribution in [0.5, 0.6) is 5.75 Å². The van der Waals surface area contributed by atoms with E-state index in [1.807, 2.05) is 26.8 Å². The van der Waals surface area contributed by atoms with Crippen LogP contribution < -0.4 is 15.4 Å². The Labute approximate surface area is 167 Å². The number of aryl methyl sites for hydroxylation is 2. The van der Waals surface area contributed by atoms with Gasteiger partial charge in [0.25, 0.3) is 0 Å². The van der Waals surface area contributed by atoms with Crippen LogP contribution in [0, 0.1) is 13.8 Å². The maximum atomic E-state index is 10.9. The first-order chi connectivity index (χ1) is 13.4. The molecule has 1 aromatic carbocycles. The van der Waals surface area contributed by atoms with Gasteiger partial charge in [0.15, 0.2) is 5.96 Å². The number of furan rings is 1. The van der Waals surface area contributed by atoms with Crippen LogP contribution in [-0.4, -0.2) is 37.3 Å². The lowest BCUT2D eigenvalue weighted by Gasteiger charge is -2.21. The number of aliphatic hydroxyl groups is 1. The third kappa shape index (κ3) is 4.87. The molecule has 0 radical (unpaired) electrons. The predicted octanol–water partition coefficient (Wildman–Crippen LogP) is 2.84. The van der Waals surface area contributed by atoms with Crippen LogP contribution in [0.2, 0.25) is 0 Å². The van der Waals surface area contributed by atoms with E-state index in [-0.39, 0.29) is 6.54 Å². The second kappa shape index (κ2) is 8.69. The Bertz CT molecular complexity index is 840. The zero-order valence-electron chi connectivity index (χ0n) is 17.3. The summed E-state index contributed by atoms with van der Waals surface area (Å²) in [5.41, 5.74) is 2.28. The van der Waals surface area contributed by atoms with Crippen molar-refractivity contribution in [2.24, 2.45) is 4.99 Å². The average molecular weight is 386 g/mol. The van der Waals surface area contributed by atoms with Gasteiger partial charge in [-0.1, -0.05) is 12.1 Å². The van der Waals surface area contributed by atoms with Crippen molar-refractivity contribution in [3.8, 4) is 5.75 Å². The molecule has 28 heavy (non-hydrogen) atoms. The summed E-state index contributed by atoms with van der Waals surface area (Å²) in [4.78, 5) is 4.58. The molecule has 0 saturated carbocycles. The lowest BCUT2D eigenvalue weighted by molar-refractivity contribution is 0.0657. The molecular formula is C22H31N3O3. The largest absolute Gasteiger partial charge is 0.493 e. The van der Waals surface area contributed by atoms with Crippen LogP contribution in [0.3, 0.4) is 0 Å². The molecule has 3 rings (SSSR count). The Morgan fingerprint density at radius 2 is 2.07 bits per heavy atom. The van der Waals surface area contributed by atoms with Gasteiger partial charge in [0.05, 0.1) is 13.2 Å². The number of hydrogen-bond donors (Lipinski definition) is 3. The molecule has 0 saturated heterocycles. The van der Waals surface area contributed by atoms with Gasteiger partial charge < -0.3 is 24.9 Å². The number of nitrogens with one attached hydrogen (secondary N) is 2. The maximum absolute atomic E-state index is 10.9. The minimum Gasteiger partial charge on any atom is -0.493 e. The Balaban J connectivity index is 1.58. The predicted molar refractivity (Wildman–Crippen MR) is 111 cm³/mol. The molecule has 2 heterocycles. The number of guanidine groups is 1. The van der Waals surface area contributed by atoms with Crippen LogP contribution in [0.25, 0.3) is 0 Å². The number of nitrogens with zero attached hydrogens (tertiary/aromatic N) is 1. The van der Waals surface area contributed by atoms with Crippen molar-refractivity contribution < 1.29 is 14.3 Å². The average Bonchev–Trinajstić information content (AvgIpc) is 3.25. The number of rotatable bonds is 7. The van der Waals surface area contributed by atoms with Crippen LogP contribution in [0.4, 0.5) is 0 Å². The standard InChI is InChI=1S/C22H31N3O3/c1-5-23-21(25-14-22(4,26)19-12-15(2)28-16(19)3)24-10-8-17-6-7-20-18(13-17)9-11-27-20/h6-7,12-13,26H,5,8-11,14H2,1-4H3,(H2,23,24,25). The number of benzene rings is 1. The topological polar surface area (TPSA) is 79.0 Å². The Morgan fingerprint density at radius 3 is 2.79 bits per heavy atom. The van der Waals surface area contributed by atoms with E-state index in [0.29, 0.717) is 5.96 Å². The molecule has 3 N–H and O–H groups in total. The van der Waals surface area contributed by atoms with E-state index < -0.39 is 5.60 Å². The van der Waals surface area contributed by atoms with Crippen LogP contribution in [0.15, 0.2) is 33.7 Å². The molecular weight excluding hydrogens is 354 g/mol. The third-order valence-corrected chi connectivity index (χ3v) is 4.97. The Kier molecular flexibility index (Phi) is 6.29. The number of fused-ring (bicyclic) bond motifs is 1. The fraction of sp³-hybridized carbons (Fsp3) is 0.500. The van der Waals surface area contributed by atoms with Crippen molar-refractivity contribution in [1.29, 1.82) is 0 Å². The Morgan fingerprint density at radius 1 is 1.25 bits per heavy atom. The van der Waals surface area contributed by atoms with Crippen molar-refractivity contribution >= 4 is 5.96 Å². The lowest BCUT2D eigenvalue weighted by atomic mass is 9.96.